The van der Waals surface area contributed by atoms with Gasteiger partial charge in [-0.05, 0) is 40.2 Å². The molecule has 142 valence electrons. The molecule has 0 saturated carbocycles. The molecule has 1 fully saturated rings. The quantitative estimate of drug-likeness (QED) is 0.484. The zero-order valence-electron chi connectivity index (χ0n) is 15.4. The van der Waals surface area contributed by atoms with Crippen molar-refractivity contribution in [1.29, 1.82) is 0 Å². The first kappa shape index (κ1) is 19.2. The van der Waals surface area contributed by atoms with Crippen molar-refractivity contribution in [2.24, 2.45) is 0 Å². The number of aromatic amines is 1. The number of fused-ring (bicyclic) bond motifs is 1. The number of carbonyl (C=O) groups is 2. The standard InChI is InChI=1S/C17H25BrN4O3Si/c1-21-16(24)22(9-10-26(2,3)4)14-11(7-8-17(14,21)25)20-15(23)12-5-6-13(18)19-12/h5-8,11,14,19,25H,9-10H2,1-4H3,(H,20,23)/t11-,14-,17-/m0/s1. The van der Waals surface area contributed by atoms with Crippen LogP contribution in [0.5, 0.6) is 0 Å². The topological polar surface area (TPSA) is 88.7 Å². The Morgan fingerprint density at radius 1 is 1.42 bits per heavy atom. The zero-order valence-corrected chi connectivity index (χ0v) is 18.0. The number of hydrogen-bond donors (Lipinski definition) is 3. The lowest BCUT2D eigenvalue weighted by atomic mass is 10.0. The fourth-order valence-corrected chi connectivity index (χ4v) is 4.72. The fourth-order valence-electron chi connectivity index (χ4n) is 3.46. The number of amides is 3. The molecule has 2 heterocycles. The van der Waals surface area contributed by atoms with Gasteiger partial charge in [0.05, 0.1) is 10.6 Å². The molecule has 9 heteroatoms. The molecule has 3 atom stereocenters. The number of aromatic nitrogens is 1. The van der Waals surface area contributed by atoms with Gasteiger partial charge in [0.25, 0.3) is 5.91 Å². The number of rotatable bonds is 5. The Bertz CT molecular complexity index is 759. The first-order valence-corrected chi connectivity index (χ1v) is 13.1. The van der Waals surface area contributed by atoms with E-state index in [2.05, 4.69) is 45.9 Å². The van der Waals surface area contributed by atoms with Gasteiger partial charge in [0, 0.05) is 21.7 Å². The minimum absolute atomic E-state index is 0.207. The lowest BCUT2D eigenvalue weighted by Crippen LogP contribution is -2.55. The Labute approximate surface area is 162 Å². The molecule has 0 aromatic carbocycles. The number of H-pyrrole nitrogens is 1. The molecule has 2 aliphatic rings. The second-order valence-corrected chi connectivity index (χ2v) is 14.6. The average Bonchev–Trinajstić information content (AvgIpc) is 3.16. The number of carbonyl (C=O) groups excluding carboxylic acids is 2. The molecule has 0 bridgehead atoms. The van der Waals surface area contributed by atoms with Gasteiger partial charge in [-0.3, -0.25) is 9.69 Å². The van der Waals surface area contributed by atoms with Crippen LogP contribution in [0.15, 0.2) is 28.9 Å². The van der Waals surface area contributed by atoms with Crippen molar-refractivity contribution in [3.05, 3.63) is 34.6 Å². The number of likely N-dealkylation sites (N-methyl/N-ethyl adjacent to an activating group) is 1. The average molecular weight is 441 g/mol. The van der Waals surface area contributed by atoms with E-state index in [9.17, 15) is 14.7 Å². The van der Waals surface area contributed by atoms with E-state index in [1.54, 1.807) is 36.2 Å². The molecule has 0 radical (unpaired) electrons. The summed E-state index contributed by atoms with van der Waals surface area (Å²) in [6, 6.07) is 3.18. The molecule has 7 nitrogen and oxygen atoms in total. The van der Waals surface area contributed by atoms with Gasteiger partial charge in [-0.2, -0.15) is 0 Å². The molecule has 3 amide bonds. The number of nitrogens with one attached hydrogen (secondary N) is 2. The van der Waals surface area contributed by atoms with Gasteiger partial charge in [0.15, 0.2) is 5.72 Å². The van der Waals surface area contributed by atoms with Crippen LogP contribution in [0.2, 0.25) is 25.7 Å². The van der Waals surface area contributed by atoms with E-state index in [0.29, 0.717) is 16.8 Å². The normalized spacial score (nSPS) is 28.0. The van der Waals surface area contributed by atoms with Crippen LogP contribution >= 0.6 is 15.9 Å². The summed E-state index contributed by atoms with van der Waals surface area (Å²) in [6.45, 7) is 7.32. The highest BCUT2D eigenvalue weighted by molar-refractivity contribution is 9.10. The number of halogens is 1. The summed E-state index contributed by atoms with van der Waals surface area (Å²) < 4.78 is 0.716. The Morgan fingerprint density at radius 2 is 2.12 bits per heavy atom. The van der Waals surface area contributed by atoms with Gasteiger partial charge in [-0.1, -0.05) is 25.7 Å². The van der Waals surface area contributed by atoms with Gasteiger partial charge in [-0.25, -0.2) is 4.79 Å². The minimum atomic E-state index is -1.40. The third-order valence-electron chi connectivity index (χ3n) is 5.03. The number of hydrogen-bond acceptors (Lipinski definition) is 3. The second kappa shape index (κ2) is 6.54. The summed E-state index contributed by atoms with van der Waals surface area (Å²) >= 11 is 3.29. The van der Waals surface area contributed by atoms with Crippen molar-refractivity contribution in [3.63, 3.8) is 0 Å². The zero-order chi connectivity index (χ0) is 19.3. The summed E-state index contributed by atoms with van der Waals surface area (Å²) in [4.78, 5) is 31.2. The molecular weight excluding hydrogens is 416 g/mol. The smallest absolute Gasteiger partial charge is 0.322 e. The van der Waals surface area contributed by atoms with Gasteiger partial charge < -0.3 is 20.3 Å². The van der Waals surface area contributed by atoms with Gasteiger partial charge in [0.1, 0.15) is 11.7 Å². The molecule has 1 aliphatic carbocycles. The molecule has 1 aliphatic heterocycles. The molecule has 1 saturated heterocycles. The van der Waals surface area contributed by atoms with Crippen LogP contribution in [0.4, 0.5) is 4.79 Å². The Kier molecular flexibility index (Phi) is 4.83. The van der Waals surface area contributed by atoms with E-state index in [1.165, 1.54) is 4.90 Å². The molecule has 26 heavy (non-hydrogen) atoms. The summed E-state index contributed by atoms with van der Waals surface area (Å²) in [7, 11) is 0.237. The van der Waals surface area contributed by atoms with Crippen LogP contribution in [0.1, 0.15) is 10.5 Å². The molecule has 3 rings (SSSR count). The minimum Gasteiger partial charge on any atom is -0.365 e. The van der Waals surface area contributed by atoms with E-state index in [1.807, 2.05) is 0 Å². The highest BCUT2D eigenvalue weighted by atomic mass is 79.9. The van der Waals surface area contributed by atoms with Crippen LogP contribution in [0, 0.1) is 0 Å². The third-order valence-corrected chi connectivity index (χ3v) is 7.21. The largest absolute Gasteiger partial charge is 0.365 e. The SMILES string of the molecule is CN1C(=O)N(CC[Si](C)(C)C)[C@H]2[C@@H](NC(=O)c3ccc(Br)[nH]3)C=C[C@]21O. The van der Waals surface area contributed by atoms with Crippen LogP contribution in [-0.2, 0) is 0 Å². The third kappa shape index (κ3) is 3.35. The maximum absolute atomic E-state index is 12.7. The van der Waals surface area contributed by atoms with Crippen LogP contribution in [0.3, 0.4) is 0 Å². The van der Waals surface area contributed by atoms with Gasteiger partial charge in [-0.15, -0.1) is 0 Å². The number of aliphatic hydroxyl groups is 1. The summed E-state index contributed by atoms with van der Waals surface area (Å²) in [6.07, 6.45) is 3.38. The second-order valence-electron chi connectivity index (χ2n) is 8.15. The van der Waals surface area contributed by atoms with Crippen LogP contribution in [0.25, 0.3) is 0 Å². The van der Waals surface area contributed by atoms with E-state index in [0.717, 1.165) is 6.04 Å². The highest BCUT2D eigenvalue weighted by Crippen LogP contribution is 2.38. The first-order valence-electron chi connectivity index (χ1n) is 8.64. The lowest BCUT2D eigenvalue weighted by molar-refractivity contribution is -0.0283. The van der Waals surface area contributed by atoms with Gasteiger partial charge >= 0.3 is 6.03 Å². The van der Waals surface area contributed by atoms with Crippen molar-refractivity contribution >= 4 is 35.9 Å². The van der Waals surface area contributed by atoms with Crippen molar-refractivity contribution in [3.8, 4) is 0 Å². The van der Waals surface area contributed by atoms with Crippen LogP contribution in [-0.4, -0.2) is 71.3 Å². The maximum Gasteiger partial charge on any atom is 0.322 e. The van der Waals surface area contributed by atoms with E-state index < -0.39 is 25.9 Å². The van der Waals surface area contributed by atoms with Crippen molar-refractivity contribution < 1.29 is 14.7 Å². The monoisotopic (exact) mass is 440 g/mol. The molecule has 3 N–H and O–H groups in total. The van der Waals surface area contributed by atoms with E-state index >= 15 is 0 Å². The Hall–Kier alpha value is -1.58. The molecular formula is C17H25BrN4O3Si. The molecule has 1 aromatic rings. The van der Waals surface area contributed by atoms with Crippen molar-refractivity contribution in [2.75, 3.05) is 13.6 Å². The van der Waals surface area contributed by atoms with Gasteiger partial charge in [0.2, 0.25) is 0 Å². The van der Waals surface area contributed by atoms with Crippen LogP contribution < -0.4 is 5.32 Å². The summed E-state index contributed by atoms with van der Waals surface area (Å²) in [5.41, 5.74) is -0.975. The summed E-state index contributed by atoms with van der Waals surface area (Å²) in [5, 5.41) is 14.0. The fraction of sp³-hybridized carbons (Fsp3) is 0.529. The predicted octanol–water partition coefficient (Wildman–Crippen LogP) is 2.21. The maximum atomic E-state index is 12.7. The Balaban J connectivity index is 1.80. The summed E-state index contributed by atoms with van der Waals surface area (Å²) in [5.74, 6) is -0.276. The lowest BCUT2D eigenvalue weighted by Gasteiger charge is -2.33. The molecule has 0 unspecified atom stereocenters. The molecule has 0 spiro atoms. The first-order chi connectivity index (χ1) is 12.0. The molecule has 1 aromatic heterocycles. The van der Waals surface area contributed by atoms with Crippen molar-refractivity contribution in [2.45, 2.75) is 43.5 Å². The Morgan fingerprint density at radius 3 is 2.69 bits per heavy atom. The number of nitrogens with zero attached hydrogens (tertiary/aromatic N) is 2. The number of urea groups is 1. The van der Waals surface area contributed by atoms with E-state index in [4.69, 9.17) is 0 Å². The van der Waals surface area contributed by atoms with E-state index in [-0.39, 0.29) is 11.9 Å². The predicted molar refractivity (Wildman–Crippen MR) is 106 cm³/mol. The van der Waals surface area contributed by atoms with Crippen molar-refractivity contribution in [1.82, 2.24) is 20.1 Å². The highest BCUT2D eigenvalue weighted by Gasteiger charge is 2.59.